The van der Waals surface area contributed by atoms with Crippen molar-refractivity contribution in [1.82, 2.24) is 15.5 Å². The molecule has 3 atom stereocenters. The Morgan fingerprint density at radius 1 is 1.08 bits per heavy atom. The van der Waals surface area contributed by atoms with Crippen LogP contribution in [0.5, 0.6) is 0 Å². The van der Waals surface area contributed by atoms with Crippen LogP contribution >= 0.6 is 0 Å². The minimum atomic E-state index is 0.0256. The first-order valence-electron chi connectivity index (χ1n) is 10.4. The molecule has 4 rings (SSSR count). The highest BCUT2D eigenvalue weighted by Crippen LogP contribution is 2.52. The Kier molecular flexibility index (Phi) is 4.98. The number of nitrogens with one attached hydrogen (secondary N) is 2. The number of carbonyl (C=O) groups is 1. The summed E-state index contributed by atoms with van der Waals surface area (Å²) in [6.45, 7) is 8.82. The molecule has 4 fully saturated rings. The second kappa shape index (κ2) is 7.07. The molecule has 0 aromatic heterocycles. The van der Waals surface area contributed by atoms with Crippen LogP contribution in [0.1, 0.15) is 58.8 Å². The molecule has 0 aromatic carbocycles. The minimum absolute atomic E-state index is 0.0256. The lowest BCUT2D eigenvalue weighted by molar-refractivity contribution is -0.108. The van der Waals surface area contributed by atoms with E-state index < -0.39 is 0 Å². The molecule has 142 valence electrons. The maximum absolute atomic E-state index is 12.5. The van der Waals surface area contributed by atoms with Gasteiger partial charge in [-0.15, -0.1) is 0 Å². The van der Waals surface area contributed by atoms with Gasteiger partial charge in [-0.05, 0) is 38.0 Å². The summed E-state index contributed by atoms with van der Waals surface area (Å²) in [6.07, 6.45) is 9.27. The maximum atomic E-state index is 12.5. The van der Waals surface area contributed by atoms with E-state index in [1.54, 1.807) is 0 Å². The van der Waals surface area contributed by atoms with Crippen LogP contribution in [0.2, 0.25) is 0 Å². The molecule has 0 radical (unpaired) electrons. The molecule has 25 heavy (non-hydrogen) atoms. The summed E-state index contributed by atoms with van der Waals surface area (Å²) < 4.78 is 5.82. The number of hydrogen-bond donors (Lipinski definition) is 2. The Morgan fingerprint density at radius 3 is 2.52 bits per heavy atom. The van der Waals surface area contributed by atoms with Crippen molar-refractivity contribution in [3.8, 4) is 0 Å². The summed E-state index contributed by atoms with van der Waals surface area (Å²) in [6, 6.07) is 0.610. The smallest absolute Gasteiger partial charge is 0.315 e. The molecule has 0 bridgehead atoms. The Labute approximate surface area is 152 Å². The van der Waals surface area contributed by atoms with E-state index in [2.05, 4.69) is 29.4 Å². The Morgan fingerprint density at radius 2 is 1.80 bits per heavy atom. The van der Waals surface area contributed by atoms with Crippen LogP contribution in [0.25, 0.3) is 0 Å². The lowest BCUT2D eigenvalue weighted by Gasteiger charge is -2.54. The number of rotatable bonds is 4. The van der Waals surface area contributed by atoms with E-state index in [1.165, 1.54) is 32.2 Å². The second-order valence-electron chi connectivity index (χ2n) is 9.39. The molecule has 2 saturated carbocycles. The van der Waals surface area contributed by atoms with Crippen LogP contribution in [0.3, 0.4) is 0 Å². The molecule has 0 aromatic rings. The molecule has 5 nitrogen and oxygen atoms in total. The predicted molar refractivity (Wildman–Crippen MR) is 98.5 cm³/mol. The van der Waals surface area contributed by atoms with E-state index >= 15 is 0 Å². The van der Waals surface area contributed by atoms with Gasteiger partial charge in [0.05, 0.1) is 6.10 Å². The Bertz CT molecular complexity index is 481. The lowest BCUT2D eigenvalue weighted by atomic mass is 9.57. The average molecular weight is 350 g/mol. The second-order valence-corrected chi connectivity index (χ2v) is 9.39. The van der Waals surface area contributed by atoms with Crippen LogP contribution in [-0.2, 0) is 4.74 Å². The van der Waals surface area contributed by atoms with Crippen LogP contribution in [-0.4, -0.2) is 55.4 Å². The summed E-state index contributed by atoms with van der Waals surface area (Å²) in [7, 11) is 0. The van der Waals surface area contributed by atoms with Crippen LogP contribution in [0, 0.1) is 17.3 Å². The van der Waals surface area contributed by atoms with Gasteiger partial charge in [0.25, 0.3) is 0 Å². The van der Waals surface area contributed by atoms with Gasteiger partial charge in [-0.25, -0.2) is 4.79 Å². The lowest BCUT2D eigenvalue weighted by Crippen LogP contribution is -2.68. The number of hydrogen-bond acceptors (Lipinski definition) is 3. The van der Waals surface area contributed by atoms with Crippen LogP contribution in [0.15, 0.2) is 0 Å². The van der Waals surface area contributed by atoms with Gasteiger partial charge in [-0.2, -0.15) is 0 Å². The van der Waals surface area contributed by atoms with E-state index in [0.29, 0.717) is 18.1 Å². The normalized spacial score (nSPS) is 36.0. The van der Waals surface area contributed by atoms with Gasteiger partial charge in [-0.3, -0.25) is 0 Å². The van der Waals surface area contributed by atoms with Crippen molar-refractivity contribution in [3.63, 3.8) is 0 Å². The van der Waals surface area contributed by atoms with Crippen molar-refractivity contribution in [2.45, 2.75) is 77.0 Å². The van der Waals surface area contributed by atoms with Crippen molar-refractivity contribution in [1.29, 1.82) is 0 Å². The average Bonchev–Trinajstić information content (AvgIpc) is 3.25. The number of piperidine rings is 1. The summed E-state index contributed by atoms with van der Waals surface area (Å²) in [4.78, 5) is 15.1. The van der Waals surface area contributed by atoms with Gasteiger partial charge in [0, 0.05) is 49.7 Å². The van der Waals surface area contributed by atoms with Gasteiger partial charge >= 0.3 is 6.03 Å². The van der Waals surface area contributed by atoms with Crippen molar-refractivity contribution in [2.75, 3.05) is 26.2 Å². The number of amides is 2. The summed E-state index contributed by atoms with van der Waals surface area (Å²) in [5, 5.41) is 6.48. The third kappa shape index (κ3) is 3.55. The standard InChI is InChI=1S/C20H35N3O2/c1-20(2)17(16-9-12-25-18(16)20)22-19(24)21-15-7-10-23(11-8-15)13-14-5-3-4-6-14/h14-18H,3-13H2,1-2H3,(H2,21,22,24)/t16-,17+,18-/m0/s1. The fraction of sp³-hybridized carbons (Fsp3) is 0.950. The molecule has 2 saturated heterocycles. The van der Waals surface area contributed by atoms with E-state index in [-0.39, 0.29) is 17.5 Å². The van der Waals surface area contributed by atoms with E-state index in [1.807, 2.05) is 0 Å². The summed E-state index contributed by atoms with van der Waals surface area (Å²) in [5.41, 5.74) is 0.0587. The molecule has 2 aliphatic carbocycles. The van der Waals surface area contributed by atoms with Crippen molar-refractivity contribution in [3.05, 3.63) is 0 Å². The molecular weight excluding hydrogens is 314 g/mol. The van der Waals surface area contributed by atoms with E-state index in [4.69, 9.17) is 4.74 Å². The Hall–Kier alpha value is -0.810. The predicted octanol–water partition coefficient (Wildman–Crippen LogP) is 2.75. The Balaban J connectivity index is 1.19. The first-order valence-corrected chi connectivity index (χ1v) is 10.4. The number of likely N-dealkylation sites (tertiary alicyclic amines) is 1. The zero-order chi connectivity index (χ0) is 17.4. The topological polar surface area (TPSA) is 53.6 Å². The number of urea groups is 1. The fourth-order valence-electron chi connectivity index (χ4n) is 5.80. The van der Waals surface area contributed by atoms with Gasteiger partial charge in [0.2, 0.25) is 0 Å². The van der Waals surface area contributed by atoms with E-state index in [0.717, 1.165) is 44.9 Å². The zero-order valence-electron chi connectivity index (χ0n) is 15.9. The zero-order valence-corrected chi connectivity index (χ0v) is 15.9. The highest BCUT2D eigenvalue weighted by atomic mass is 16.5. The van der Waals surface area contributed by atoms with Gasteiger partial charge in [-0.1, -0.05) is 26.7 Å². The molecule has 0 unspecified atom stereocenters. The van der Waals surface area contributed by atoms with Crippen LogP contribution < -0.4 is 10.6 Å². The largest absolute Gasteiger partial charge is 0.377 e. The summed E-state index contributed by atoms with van der Waals surface area (Å²) in [5.74, 6) is 1.43. The van der Waals surface area contributed by atoms with Gasteiger partial charge in [0.15, 0.2) is 0 Å². The molecule has 5 heteroatoms. The third-order valence-electron chi connectivity index (χ3n) is 7.30. The van der Waals surface area contributed by atoms with E-state index in [9.17, 15) is 4.79 Å². The van der Waals surface area contributed by atoms with Crippen LogP contribution in [0.4, 0.5) is 4.79 Å². The number of fused-ring (bicyclic) bond motifs is 1. The molecule has 0 spiro atoms. The van der Waals surface area contributed by atoms with Gasteiger partial charge < -0.3 is 20.3 Å². The molecule has 2 aliphatic heterocycles. The monoisotopic (exact) mass is 349 g/mol. The molecule has 2 heterocycles. The fourth-order valence-corrected chi connectivity index (χ4v) is 5.80. The maximum Gasteiger partial charge on any atom is 0.315 e. The molecule has 4 aliphatic rings. The van der Waals surface area contributed by atoms with Gasteiger partial charge in [0.1, 0.15) is 0 Å². The molecular formula is C20H35N3O2. The highest BCUT2D eigenvalue weighted by Gasteiger charge is 2.59. The first-order chi connectivity index (χ1) is 12.0. The molecule has 2 N–H and O–H groups in total. The van der Waals surface area contributed by atoms with Crippen molar-refractivity contribution < 1.29 is 9.53 Å². The number of carbonyl (C=O) groups excluding carboxylic acids is 1. The van der Waals surface area contributed by atoms with Crippen molar-refractivity contribution in [2.24, 2.45) is 17.3 Å². The first kappa shape index (κ1) is 17.6. The number of nitrogens with zero attached hydrogens (tertiary/aromatic N) is 1. The summed E-state index contributed by atoms with van der Waals surface area (Å²) >= 11 is 0. The third-order valence-corrected chi connectivity index (χ3v) is 7.30. The SMILES string of the molecule is CC1(C)[C@H](NC(=O)NC2CCN(CC3CCCC3)CC2)[C@@H]2CCO[C@@H]21. The number of ether oxygens (including phenoxy) is 1. The quantitative estimate of drug-likeness (QED) is 0.820. The molecule has 2 amide bonds. The highest BCUT2D eigenvalue weighted by molar-refractivity contribution is 5.75. The minimum Gasteiger partial charge on any atom is -0.377 e. The van der Waals surface area contributed by atoms with Crippen molar-refractivity contribution >= 4 is 6.03 Å².